The first-order chi connectivity index (χ1) is 8.58. The van der Waals surface area contributed by atoms with Crippen molar-refractivity contribution in [3.63, 3.8) is 0 Å². The van der Waals surface area contributed by atoms with E-state index >= 15 is 0 Å². The molecule has 0 fully saturated rings. The van der Waals surface area contributed by atoms with Gasteiger partial charge in [0.1, 0.15) is 11.6 Å². The Hall–Kier alpha value is -1.00. The lowest BCUT2D eigenvalue weighted by atomic mass is 10.0. The van der Waals surface area contributed by atoms with Gasteiger partial charge < -0.3 is 10.4 Å². The minimum atomic E-state index is -1.02. The second-order valence-corrected chi connectivity index (χ2v) is 4.52. The molecule has 0 heterocycles. The summed E-state index contributed by atoms with van der Waals surface area (Å²) in [6, 6.07) is 3.12. The Kier molecular flexibility index (Phi) is 6.22. The quantitative estimate of drug-likeness (QED) is 0.787. The molecule has 0 amide bonds. The summed E-state index contributed by atoms with van der Waals surface area (Å²) in [5.74, 6) is -0.562. The lowest BCUT2D eigenvalue weighted by Crippen LogP contribution is -2.27. The van der Waals surface area contributed by atoms with Gasteiger partial charge in [0, 0.05) is 12.1 Å². The molecule has 1 atom stereocenters. The zero-order valence-corrected chi connectivity index (χ0v) is 10.9. The monoisotopic (exact) mass is 257 g/mol. The summed E-state index contributed by atoms with van der Waals surface area (Å²) in [6.45, 7) is 5.23. The second kappa shape index (κ2) is 7.44. The van der Waals surface area contributed by atoms with Crippen molar-refractivity contribution in [2.45, 2.75) is 32.8 Å². The molecule has 102 valence electrons. The van der Waals surface area contributed by atoms with Crippen LogP contribution in [0.4, 0.5) is 8.78 Å². The largest absolute Gasteiger partial charge is 0.387 e. The lowest BCUT2D eigenvalue weighted by molar-refractivity contribution is 0.167. The minimum Gasteiger partial charge on any atom is -0.387 e. The van der Waals surface area contributed by atoms with Gasteiger partial charge in [-0.15, -0.1) is 0 Å². The van der Waals surface area contributed by atoms with E-state index in [0.717, 1.165) is 37.6 Å². The molecule has 0 aromatic heterocycles. The Morgan fingerprint density at radius 1 is 1.17 bits per heavy atom. The Balaban J connectivity index is 2.50. The van der Waals surface area contributed by atoms with Crippen LogP contribution in [0.15, 0.2) is 18.2 Å². The van der Waals surface area contributed by atoms with Crippen LogP contribution in [0.2, 0.25) is 0 Å². The first-order valence-corrected chi connectivity index (χ1v) is 6.42. The third-order valence-electron chi connectivity index (χ3n) is 3.24. The van der Waals surface area contributed by atoms with Crippen molar-refractivity contribution in [1.82, 2.24) is 5.32 Å². The van der Waals surface area contributed by atoms with Gasteiger partial charge in [0.05, 0.1) is 6.10 Å². The van der Waals surface area contributed by atoms with Gasteiger partial charge in [-0.1, -0.05) is 26.7 Å². The van der Waals surface area contributed by atoms with E-state index in [0.29, 0.717) is 5.92 Å². The summed E-state index contributed by atoms with van der Waals surface area (Å²) in [5.41, 5.74) is 0.00652. The van der Waals surface area contributed by atoms with Crippen molar-refractivity contribution in [1.29, 1.82) is 0 Å². The van der Waals surface area contributed by atoms with Crippen molar-refractivity contribution in [2.75, 3.05) is 13.1 Å². The van der Waals surface area contributed by atoms with E-state index in [2.05, 4.69) is 19.2 Å². The van der Waals surface area contributed by atoms with E-state index in [4.69, 9.17) is 0 Å². The molecule has 4 heteroatoms. The van der Waals surface area contributed by atoms with E-state index in [1.165, 1.54) is 0 Å². The molecule has 1 rings (SSSR count). The molecule has 0 saturated heterocycles. The van der Waals surface area contributed by atoms with Crippen molar-refractivity contribution in [3.8, 4) is 0 Å². The van der Waals surface area contributed by atoms with Gasteiger partial charge >= 0.3 is 0 Å². The molecule has 0 aliphatic rings. The summed E-state index contributed by atoms with van der Waals surface area (Å²) in [4.78, 5) is 0. The van der Waals surface area contributed by atoms with E-state index in [9.17, 15) is 13.9 Å². The Bertz CT molecular complexity index is 367. The van der Waals surface area contributed by atoms with Crippen LogP contribution in [0, 0.1) is 17.6 Å². The fourth-order valence-electron chi connectivity index (χ4n) is 1.88. The van der Waals surface area contributed by atoms with Gasteiger partial charge in [-0.2, -0.15) is 0 Å². The van der Waals surface area contributed by atoms with E-state index in [1.54, 1.807) is 0 Å². The molecule has 1 unspecified atom stereocenters. The van der Waals surface area contributed by atoms with Crippen molar-refractivity contribution >= 4 is 0 Å². The van der Waals surface area contributed by atoms with Crippen molar-refractivity contribution < 1.29 is 13.9 Å². The first-order valence-electron chi connectivity index (χ1n) is 6.42. The molecule has 18 heavy (non-hydrogen) atoms. The summed E-state index contributed by atoms with van der Waals surface area (Å²) in [6.07, 6.45) is 1.11. The molecule has 0 aliphatic carbocycles. The smallest absolute Gasteiger partial charge is 0.129 e. The molecule has 1 aromatic rings. The molecule has 0 aliphatic heterocycles. The van der Waals surface area contributed by atoms with Crippen molar-refractivity contribution in [3.05, 3.63) is 35.4 Å². The highest BCUT2D eigenvalue weighted by molar-refractivity contribution is 5.21. The fourth-order valence-corrected chi connectivity index (χ4v) is 1.88. The van der Waals surface area contributed by atoms with E-state index < -0.39 is 17.7 Å². The van der Waals surface area contributed by atoms with Crippen LogP contribution in [-0.4, -0.2) is 18.2 Å². The molecule has 0 saturated carbocycles. The van der Waals surface area contributed by atoms with Gasteiger partial charge in [-0.3, -0.25) is 0 Å². The highest BCUT2D eigenvalue weighted by Crippen LogP contribution is 2.17. The van der Waals surface area contributed by atoms with Crippen molar-refractivity contribution in [2.24, 2.45) is 5.92 Å². The number of aliphatic hydroxyl groups excluding tert-OH is 1. The molecule has 2 nitrogen and oxygen atoms in total. The molecule has 0 bridgehead atoms. The maximum atomic E-state index is 13.4. The zero-order valence-electron chi connectivity index (χ0n) is 10.9. The molecule has 0 spiro atoms. The average molecular weight is 257 g/mol. The number of hydrogen-bond acceptors (Lipinski definition) is 2. The maximum absolute atomic E-state index is 13.4. The van der Waals surface area contributed by atoms with Crippen LogP contribution < -0.4 is 5.32 Å². The Labute approximate surface area is 107 Å². The van der Waals surface area contributed by atoms with Gasteiger partial charge in [0.25, 0.3) is 0 Å². The van der Waals surface area contributed by atoms with Crippen LogP contribution in [0.1, 0.15) is 38.4 Å². The van der Waals surface area contributed by atoms with Gasteiger partial charge in [-0.05, 0) is 30.7 Å². The number of benzene rings is 1. The number of nitrogens with one attached hydrogen (secondary N) is 1. The summed E-state index contributed by atoms with van der Waals surface area (Å²) >= 11 is 0. The van der Waals surface area contributed by atoms with Crippen LogP contribution in [0.25, 0.3) is 0 Å². The molecule has 1 aromatic carbocycles. The lowest BCUT2D eigenvalue weighted by Gasteiger charge is -2.16. The number of hydrogen-bond donors (Lipinski definition) is 2. The minimum absolute atomic E-state index is 0.00652. The molecule has 0 radical (unpaired) electrons. The number of halogens is 2. The number of aliphatic hydroxyl groups is 1. The third-order valence-corrected chi connectivity index (χ3v) is 3.24. The van der Waals surface area contributed by atoms with E-state index in [1.807, 2.05) is 0 Å². The standard InChI is InChI=1S/C14H21F2NO/c1-3-10(4-2)8-17-9-14(18)12-7-11(15)5-6-13(12)16/h5-7,10,14,17-18H,3-4,8-9H2,1-2H3. The SMILES string of the molecule is CCC(CC)CNCC(O)c1cc(F)ccc1F. The topological polar surface area (TPSA) is 32.3 Å². The molecular formula is C14H21F2NO. The van der Waals surface area contributed by atoms with Crippen LogP contribution >= 0.6 is 0 Å². The Morgan fingerprint density at radius 3 is 2.44 bits per heavy atom. The van der Waals surface area contributed by atoms with Gasteiger partial charge in [0.2, 0.25) is 0 Å². The van der Waals surface area contributed by atoms with E-state index in [-0.39, 0.29) is 12.1 Å². The summed E-state index contributed by atoms with van der Waals surface area (Å²) in [5, 5.41) is 12.9. The normalized spacial score (nSPS) is 13.0. The van der Waals surface area contributed by atoms with Gasteiger partial charge in [0.15, 0.2) is 0 Å². The summed E-state index contributed by atoms with van der Waals surface area (Å²) < 4.78 is 26.4. The Morgan fingerprint density at radius 2 is 1.83 bits per heavy atom. The molecular weight excluding hydrogens is 236 g/mol. The third kappa shape index (κ3) is 4.35. The average Bonchev–Trinajstić information content (AvgIpc) is 2.37. The predicted octanol–water partition coefficient (Wildman–Crippen LogP) is 3.02. The van der Waals surface area contributed by atoms with Crippen LogP contribution in [-0.2, 0) is 0 Å². The highest BCUT2D eigenvalue weighted by atomic mass is 19.1. The zero-order chi connectivity index (χ0) is 13.5. The number of rotatable bonds is 7. The first kappa shape index (κ1) is 15.1. The van der Waals surface area contributed by atoms with Gasteiger partial charge in [-0.25, -0.2) is 8.78 Å². The predicted molar refractivity (Wildman–Crippen MR) is 68.3 cm³/mol. The summed E-state index contributed by atoms with van der Waals surface area (Å²) in [7, 11) is 0. The maximum Gasteiger partial charge on any atom is 0.129 e. The molecule has 2 N–H and O–H groups in total. The fraction of sp³-hybridized carbons (Fsp3) is 0.571. The van der Waals surface area contributed by atoms with Crippen LogP contribution in [0.5, 0.6) is 0 Å². The highest BCUT2D eigenvalue weighted by Gasteiger charge is 2.14. The van der Waals surface area contributed by atoms with Crippen LogP contribution in [0.3, 0.4) is 0 Å². The second-order valence-electron chi connectivity index (χ2n) is 4.52.